The van der Waals surface area contributed by atoms with Crippen LogP contribution in [0.4, 0.5) is 5.69 Å². The van der Waals surface area contributed by atoms with E-state index in [4.69, 9.17) is 16.3 Å². The molecule has 1 aliphatic rings. The Morgan fingerprint density at radius 3 is 2.83 bits per heavy atom. The van der Waals surface area contributed by atoms with Gasteiger partial charge >= 0.3 is 0 Å². The molecule has 1 fully saturated rings. The van der Waals surface area contributed by atoms with Gasteiger partial charge in [0.2, 0.25) is 0 Å². The number of hydrogen-bond donors (Lipinski definition) is 1. The number of hydrogen-bond acceptors (Lipinski definition) is 2. The number of ether oxygens (including phenoxy) is 1. The monoisotopic (exact) mass is 331 g/mol. The van der Waals surface area contributed by atoms with Crippen LogP contribution in [0.25, 0.3) is 0 Å². The van der Waals surface area contributed by atoms with Gasteiger partial charge in [0.25, 0.3) is 0 Å². The van der Waals surface area contributed by atoms with Crippen LogP contribution in [0.5, 0.6) is 0 Å². The lowest BCUT2D eigenvalue weighted by molar-refractivity contribution is -0.0976. The third-order valence-corrected chi connectivity index (χ3v) is 5.22. The van der Waals surface area contributed by atoms with Crippen molar-refractivity contribution in [2.75, 3.05) is 11.9 Å². The molecule has 1 aromatic rings. The first-order chi connectivity index (χ1) is 8.46. The van der Waals surface area contributed by atoms with Crippen molar-refractivity contribution in [1.82, 2.24) is 0 Å². The molecule has 0 amide bonds. The molecule has 1 saturated carbocycles. The Balaban J connectivity index is 2.06. The average molecular weight is 333 g/mol. The van der Waals surface area contributed by atoms with Gasteiger partial charge < -0.3 is 10.1 Å². The molecule has 0 bridgehead atoms. The van der Waals surface area contributed by atoms with Crippen molar-refractivity contribution in [2.24, 2.45) is 5.41 Å². The highest BCUT2D eigenvalue weighted by Gasteiger charge is 2.48. The minimum absolute atomic E-state index is 0.151. The van der Waals surface area contributed by atoms with E-state index in [0.717, 1.165) is 28.2 Å². The van der Waals surface area contributed by atoms with Gasteiger partial charge in [-0.15, -0.1) is 0 Å². The molecule has 1 N–H and O–H groups in total. The number of benzene rings is 1. The standard InChI is InChI=1S/C14H19BrClNO/c1-4-18-12-8-11(14(12,2)3)17-10-7-5-6-9(16)13(10)15/h5-7,11-12,17H,4,8H2,1-3H3. The van der Waals surface area contributed by atoms with E-state index in [-0.39, 0.29) is 5.41 Å². The van der Waals surface area contributed by atoms with Gasteiger partial charge in [-0.05, 0) is 41.4 Å². The second kappa shape index (κ2) is 5.40. The van der Waals surface area contributed by atoms with Crippen molar-refractivity contribution >= 4 is 33.2 Å². The molecule has 1 aliphatic carbocycles. The summed E-state index contributed by atoms with van der Waals surface area (Å²) in [5.41, 5.74) is 1.20. The van der Waals surface area contributed by atoms with E-state index in [1.54, 1.807) is 0 Å². The molecule has 100 valence electrons. The van der Waals surface area contributed by atoms with Crippen LogP contribution in [0.3, 0.4) is 0 Å². The first kappa shape index (κ1) is 14.2. The predicted molar refractivity (Wildman–Crippen MR) is 80.4 cm³/mol. The Morgan fingerprint density at radius 1 is 1.50 bits per heavy atom. The van der Waals surface area contributed by atoms with Gasteiger partial charge in [0.15, 0.2) is 0 Å². The normalized spacial score (nSPS) is 25.6. The first-order valence-electron chi connectivity index (χ1n) is 6.29. The van der Waals surface area contributed by atoms with Crippen molar-refractivity contribution in [1.29, 1.82) is 0 Å². The van der Waals surface area contributed by atoms with Crippen LogP contribution in [0.2, 0.25) is 5.02 Å². The molecule has 0 aliphatic heterocycles. The van der Waals surface area contributed by atoms with E-state index in [0.29, 0.717) is 12.1 Å². The highest BCUT2D eigenvalue weighted by molar-refractivity contribution is 9.10. The molecular formula is C14H19BrClNO. The van der Waals surface area contributed by atoms with Crippen LogP contribution < -0.4 is 5.32 Å². The second-order valence-corrected chi connectivity index (χ2v) is 6.50. The Kier molecular flexibility index (Phi) is 4.25. The van der Waals surface area contributed by atoms with Crippen LogP contribution in [-0.4, -0.2) is 18.8 Å². The maximum atomic E-state index is 6.10. The predicted octanol–water partition coefficient (Wildman–Crippen LogP) is 4.72. The minimum Gasteiger partial charge on any atom is -0.381 e. The fourth-order valence-electron chi connectivity index (χ4n) is 2.42. The molecule has 0 saturated heterocycles. The van der Waals surface area contributed by atoms with Crippen molar-refractivity contribution < 1.29 is 4.74 Å². The Bertz CT molecular complexity index is 436. The van der Waals surface area contributed by atoms with Crippen LogP contribution in [0.15, 0.2) is 22.7 Å². The number of anilines is 1. The van der Waals surface area contributed by atoms with Gasteiger partial charge in [-0.1, -0.05) is 31.5 Å². The van der Waals surface area contributed by atoms with E-state index >= 15 is 0 Å². The van der Waals surface area contributed by atoms with Gasteiger partial charge in [0.05, 0.1) is 21.3 Å². The van der Waals surface area contributed by atoms with Crippen molar-refractivity contribution in [2.45, 2.75) is 39.3 Å². The topological polar surface area (TPSA) is 21.3 Å². The Labute approximate surface area is 122 Å². The highest BCUT2D eigenvalue weighted by Crippen LogP contribution is 2.45. The molecule has 4 heteroatoms. The molecule has 2 rings (SSSR count). The third-order valence-electron chi connectivity index (χ3n) is 3.83. The van der Waals surface area contributed by atoms with E-state index in [9.17, 15) is 0 Å². The maximum Gasteiger partial charge on any atom is 0.0665 e. The van der Waals surface area contributed by atoms with Gasteiger partial charge in [0.1, 0.15) is 0 Å². The smallest absolute Gasteiger partial charge is 0.0665 e. The number of halogens is 2. The minimum atomic E-state index is 0.151. The van der Waals surface area contributed by atoms with Crippen molar-refractivity contribution in [3.63, 3.8) is 0 Å². The fraction of sp³-hybridized carbons (Fsp3) is 0.571. The zero-order valence-electron chi connectivity index (χ0n) is 11.0. The lowest BCUT2D eigenvalue weighted by Gasteiger charge is -2.52. The highest BCUT2D eigenvalue weighted by atomic mass is 79.9. The summed E-state index contributed by atoms with van der Waals surface area (Å²) in [6.45, 7) is 7.31. The molecule has 0 heterocycles. The molecule has 18 heavy (non-hydrogen) atoms. The van der Waals surface area contributed by atoms with Gasteiger partial charge in [-0.3, -0.25) is 0 Å². The van der Waals surface area contributed by atoms with Crippen LogP contribution in [-0.2, 0) is 4.74 Å². The zero-order chi connectivity index (χ0) is 13.3. The van der Waals surface area contributed by atoms with Crippen LogP contribution in [0.1, 0.15) is 27.2 Å². The van der Waals surface area contributed by atoms with Crippen LogP contribution in [0, 0.1) is 5.41 Å². The summed E-state index contributed by atoms with van der Waals surface area (Å²) >= 11 is 9.62. The van der Waals surface area contributed by atoms with E-state index in [1.165, 1.54) is 0 Å². The summed E-state index contributed by atoms with van der Waals surface area (Å²) < 4.78 is 6.67. The van der Waals surface area contributed by atoms with E-state index in [2.05, 4.69) is 35.1 Å². The van der Waals surface area contributed by atoms with Gasteiger partial charge in [0, 0.05) is 18.1 Å². The zero-order valence-corrected chi connectivity index (χ0v) is 13.3. The SMILES string of the molecule is CCOC1CC(Nc2cccc(Cl)c2Br)C1(C)C. The summed E-state index contributed by atoms with van der Waals surface area (Å²) in [5, 5.41) is 4.29. The molecule has 0 radical (unpaired) electrons. The van der Waals surface area contributed by atoms with E-state index < -0.39 is 0 Å². The van der Waals surface area contributed by atoms with Gasteiger partial charge in [-0.25, -0.2) is 0 Å². The summed E-state index contributed by atoms with van der Waals surface area (Å²) in [4.78, 5) is 0. The largest absolute Gasteiger partial charge is 0.381 e. The molecular weight excluding hydrogens is 314 g/mol. The molecule has 0 aromatic heterocycles. The maximum absolute atomic E-state index is 6.10. The summed E-state index contributed by atoms with van der Waals surface area (Å²) in [6, 6.07) is 6.30. The summed E-state index contributed by atoms with van der Waals surface area (Å²) in [6.07, 6.45) is 1.39. The molecule has 2 unspecified atom stereocenters. The molecule has 0 spiro atoms. The number of nitrogens with one attached hydrogen (secondary N) is 1. The number of rotatable bonds is 4. The molecule has 2 nitrogen and oxygen atoms in total. The van der Waals surface area contributed by atoms with Crippen molar-refractivity contribution in [3.8, 4) is 0 Å². The Hall–Kier alpha value is -0.250. The average Bonchev–Trinajstić information content (AvgIpc) is 2.33. The van der Waals surface area contributed by atoms with Crippen molar-refractivity contribution in [3.05, 3.63) is 27.7 Å². The Morgan fingerprint density at radius 2 is 2.22 bits per heavy atom. The molecule has 2 atom stereocenters. The first-order valence-corrected chi connectivity index (χ1v) is 7.46. The summed E-state index contributed by atoms with van der Waals surface area (Å²) in [5.74, 6) is 0. The lowest BCUT2D eigenvalue weighted by Crippen LogP contribution is -2.58. The molecule has 1 aromatic carbocycles. The summed E-state index contributed by atoms with van der Waals surface area (Å²) in [7, 11) is 0. The van der Waals surface area contributed by atoms with Gasteiger partial charge in [-0.2, -0.15) is 0 Å². The fourth-order valence-corrected chi connectivity index (χ4v) is 2.97. The van der Waals surface area contributed by atoms with E-state index in [1.807, 2.05) is 25.1 Å². The van der Waals surface area contributed by atoms with Crippen LogP contribution >= 0.6 is 27.5 Å². The second-order valence-electron chi connectivity index (χ2n) is 5.30. The quantitative estimate of drug-likeness (QED) is 0.861. The lowest BCUT2D eigenvalue weighted by atomic mass is 9.64. The third kappa shape index (κ3) is 2.54.